The van der Waals surface area contributed by atoms with Crippen molar-refractivity contribution in [3.8, 4) is 0 Å². The van der Waals surface area contributed by atoms with Crippen molar-refractivity contribution in [1.29, 1.82) is 0 Å². The summed E-state index contributed by atoms with van der Waals surface area (Å²) in [6, 6.07) is 16.3. The van der Waals surface area contributed by atoms with Gasteiger partial charge in [0.25, 0.3) is 0 Å². The van der Waals surface area contributed by atoms with Crippen LogP contribution in [0.2, 0.25) is 0 Å². The number of halogens is 1. The Morgan fingerprint density at radius 2 is 1.67 bits per heavy atom. The maximum atomic E-state index is 12.0. The van der Waals surface area contributed by atoms with Crippen LogP contribution < -0.4 is 4.90 Å². The van der Waals surface area contributed by atoms with E-state index in [9.17, 15) is 4.79 Å². The lowest BCUT2D eigenvalue weighted by Gasteiger charge is -2.11. The maximum Gasteiger partial charge on any atom is 0.207 e. The van der Waals surface area contributed by atoms with E-state index in [0.29, 0.717) is 11.3 Å². The highest BCUT2D eigenvalue weighted by Gasteiger charge is 2.15. The van der Waals surface area contributed by atoms with Gasteiger partial charge in [-0.1, -0.05) is 41.9 Å². The smallest absolute Gasteiger partial charge is 0.207 e. The van der Waals surface area contributed by atoms with Crippen LogP contribution in [0.4, 0.5) is 11.4 Å². The van der Waals surface area contributed by atoms with Crippen LogP contribution in [-0.2, 0) is 0 Å². The van der Waals surface area contributed by atoms with E-state index in [-0.39, 0.29) is 5.78 Å². The van der Waals surface area contributed by atoms with Crippen molar-refractivity contribution in [2.45, 2.75) is 5.50 Å². The number of nitrogens with zero attached hydrogens (tertiary/aromatic N) is 3. The predicted octanol–water partition coefficient (Wildman–Crippen LogP) is 4.28. The first-order valence-electron chi connectivity index (χ1n) is 6.49. The molecule has 0 heterocycles. The molecule has 21 heavy (non-hydrogen) atoms. The number of hydrogen-bond donors (Lipinski definition) is 0. The van der Waals surface area contributed by atoms with Crippen molar-refractivity contribution in [1.82, 2.24) is 0 Å². The van der Waals surface area contributed by atoms with Crippen molar-refractivity contribution < 1.29 is 4.79 Å². The molecule has 0 aliphatic rings. The second kappa shape index (κ2) is 6.99. The number of Topliss-reactive ketones (excluding diaryl/α,β-unsaturated/α-hetero) is 1. The van der Waals surface area contributed by atoms with Crippen molar-refractivity contribution in [2.24, 2.45) is 10.2 Å². The fourth-order valence-electron chi connectivity index (χ4n) is 1.73. The minimum Gasteiger partial charge on any atom is -0.378 e. The Morgan fingerprint density at radius 3 is 2.24 bits per heavy atom. The van der Waals surface area contributed by atoms with Crippen LogP contribution in [0.3, 0.4) is 0 Å². The highest BCUT2D eigenvalue weighted by molar-refractivity contribution is 6.33. The molecule has 0 aromatic heterocycles. The predicted molar refractivity (Wildman–Crippen MR) is 85.7 cm³/mol. The van der Waals surface area contributed by atoms with Gasteiger partial charge in [0.05, 0.1) is 5.69 Å². The number of azo groups is 1. The zero-order chi connectivity index (χ0) is 15.2. The number of carbonyl (C=O) groups is 1. The standard InChI is InChI=1S/C16H16ClN3O/c1-20(2)14-10-8-13(9-11-14)18-19-16(17)15(21)12-6-4-3-5-7-12/h3-11,16H,1-2H3. The Bertz CT molecular complexity index is 624. The van der Waals surface area contributed by atoms with E-state index < -0.39 is 5.50 Å². The minimum atomic E-state index is -1.01. The first-order valence-corrected chi connectivity index (χ1v) is 6.93. The van der Waals surface area contributed by atoms with Gasteiger partial charge < -0.3 is 4.90 Å². The number of anilines is 1. The average Bonchev–Trinajstić information content (AvgIpc) is 2.53. The summed E-state index contributed by atoms with van der Waals surface area (Å²) in [6.45, 7) is 0. The van der Waals surface area contributed by atoms with Crippen LogP contribution in [0.1, 0.15) is 10.4 Å². The van der Waals surface area contributed by atoms with Crippen LogP contribution in [-0.4, -0.2) is 25.4 Å². The molecule has 0 saturated heterocycles. The molecule has 0 bridgehead atoms. The van der Waals surface area contributed by atoms with E-state index in [1.807, 2.05) is 49.3 Å². The molecule has 108 valence electrons. The third kappa shape index (κ3) is 4.13. The summed E-state index contributed by atoms with van der Waals surface area (Å²) in [6.07, 6.45) is 0. The zero-order valence-corrected chi connectivity index (χ0v) is 12.7. The number of ketones is 1. The lowest BCUT2D eigenvalue weighted by atomic mass is 10.1. The SMILES string of the molecule is CN(C)c1ccc(N=NC(Cl)C(=O)c2ccccc2)cc1. The third-order valence-electron chi connectivity index (χ3n) is 2.92. The van der Waals surface area contributed by atoms with Crippen LogP contribution in [0.25, 0.3) is 0 Å². The van der Waals surface area contributed by atoms with E-state index in [2.05, 4.69) is 10.2 Å². The molecule has 1 atom stereocenters. The third-order valence-corrected chi connectivity index (χ3v) is 3.20. The molecule has 2 aromatic rings. The Kier molecular flexibility index (Phi) is 5.06. The summed E-state index contributed by atoms with van der Waals surface area (Å²) in [7, 11) is 3.92. The van der Waals surface area contributed by atoms with Gasteiger partial charge in [-0.3, -0.25) is 4.79 Å². The first kappa shape index (κ1) is 15.2. The summed E-state index contributed by atoms with van der Waals surface area (Å²) in [5, 5.41) is 7.88. The minimum absolute atomic E-state index is 0.258. The van der Waals surface area contributed by atoms with E-state index in [0.717, 1.165) is 5.69 Å². The molecule has 0 aliphatic carbocycles. The molecule has 5 heteroatoms. The molecule has 0 radical (unpaired) electrons. The van der Waals surface area contributed by atoms with Crippen molar-refractivity contribution >= 4 is 28.8 Å². The second-order valence-electron chi connectivity index (χ2n) is 4.69. The number of carbonyl (C=O) groups excluding carboxylic acids is 1. The monoisotopic (exact) mass is 301 g/mol. The summed E-state index contributed by atoms with van der Waals surface area (Å²) in [5.41, 5.74) is 1.24. The summed E-state index contributed by atoms with van der Waals surface area (Å²) >= 11 is 5.98. The van der Waals surface area contributed by atoms with E-state index >= 15 is 0 Å². The number of alkyl halides is 1. The second-order valence-corrected chi connectivity index (χ2v) is 5.11. The van der Waals surface area contributed by atoms with Crippen LogP contribution in [0.15, 0.2) is 64.8 Å². The van der Waals surface area contributed by atoms with Crippen LogP contribution in [0, 0.1) is 0 Å². The molecule has 0 aliphatic heterocycles. The molecule has 0 fully saturated rings. The maximum absolute atomic E-state index is 12.0. The first-order chi connectivity index (χ1) is 10.1. The quantitative estimate of drug-likeness (QED) is 0.358. The van der Waals surface area contributed by atoms with E-state index in [1.165, 1.54) is 0 Å². The fourth-order valence-corrected chi connectivity index (χ4v) is 1.90. The van der Waals surface area contributed by atoms with Gasteiger partial charge in [0.15, 0.2) is 0 Å². The summed E-state index contributed by atoms with van der Waals surface area (Å²) in [4.78, 5) is 14.0. The van der Waals surface area contributed by atoms with Gasteiger partial charge in [-0.2, -0.15) is 10.2 Å². The Labute approximate surface area is 129 Å². The highest BCUT2D eigenvalue weighted by Crippen LogP contribution is 2.20. The Balaban J connectivity index is 2.05. The van der Waals surface area contributed by atoms with Gasteiger partial charge in [0.2, 0.25) is 11.3 Å². The molecule has 2 aromatic carbocycles. The van der Waals surface area contributed by atoms with Crippen molar-refractivity contribution in [3.05, 3.63) is 60.2 Å². The normalized spacial score (nSPS) is 12.3. The summed E-state index contributed by atoms with van der Waals surface area (Å²) in [5.74, 6) is -0.258. The van der Waals surface area contributed by atoms with Crippen LogP contribution in [0.5, 0.6) is 0 Å². The summed E-state index contributed by atoms with van der Waals surface area (Å²) < 4.78 is 0. The van der Waals surface area contributed by atoms with E-state index in [1.54, 1.807) is 24.3 Å². The van der Waals surface area contributed by atoms with Gasteiger partial charge in [-0.15, -0.1) is 0 Å². The van der Waals surface area contributed by atoms with Gasteiger partial charge in [0, 0.05) is 25.3 Å². The molecular weight excluding hydrogens is 286 g/mol. The fraction of sp³-hybridized carbons (Fsp3) is 0.188. The number of hydrogen-bond acceptors (Lipinski definition) is 4. The highest BCUT2D eigenvalue weighted by atomic mass is 35.5. The molecule has 4 nitrogen and oxygen atoms in total. The molecule has 0 amide bonds. The number of rotatable bonds is 5. The van der Waals surface area contributed by atoms with E-state index in [4.69, 9.17) is 11.6 Å². The largest absolute Gasteiger partial charge is 0.378 e. The van der Waals surface area contributed by atoms with Gasteiger partial charge >= 0.3 is 0 Å². The van der Waals surface area contributed by atoms with Gasteiger partial charge in [0.1, 0.15) is 0 Å². The van der Waals surface area contributed by atoms with Crippen molar-refractivity contribution in [2.75, 3.05) is 19.0 Å². The van der Waals surface area contributed by atoms with Crippen molar-refractivity contribution in [3.63, 3.8) is 0 Å². The van der Waals surface area contributed by atoms with Gasteiger partial charge in [-0.25, -0.2) is 0 Å². The average molecular weight is 302 g/mol. The molecule has 0 spiro atoms. The van der Waals surface area contributed by atoms with Crippen LogP contribution >= 0.6 is 11.6 Å². The molecule has 1 unspecified atom stereocenters. The molecule has 2 rings (SSSR count). The zero-order valence-electron chi connectivity index (χ0n) is 11.9. The lowest BCUT2D eigenvalue weighted by molar-refractivity contribution is 0.0987. The molecule has 0 saturated carbocycles. The van der Waals surface area contributed by atoms with Gasteiger partial charge in [-0.05, 0) is 24.3 Å². The molecular formula is C16H16ClN3O. The Hall–Kier alpha value is -2.20. The number of benzene rings is 2. The Morgan fingerprint density at radius 1 is 1.05 bits per heavy atom. The lowest BCUT2D eigenvalue weighted by Crippen LogP contribution is -2.11. The topological polar surface area (TPSA) is 45.0 Å². The molecule has 0 N–H and O–H groups in total.